The Morgan fingerprint density at radius 3 is 2.21 bits per heavy atom. The molecule has 0 aromatic heterocycles. The second-order valence-electron chi connectivity index (χ2n) is 5.79. The van der Waals surface area contributed by atoms with Gasteiger partial charge in [-0.3, -0.25) is 20.4 Å². The minimum Gasteiger partial charge on any atom is -0.494 e. The molecule has 0 aliphatic carbocycles. The third-order valence-electron chi connectivity index (χ3n) is 3.68. The van der Waals surface area contributed by atoms with Crippen LogP contribution in [0.15, 0.2) is 47.4 Å². The number of hydrazine groups is 1. The lowest BCUT2D eigenvalue weighted by Gasteiger charge is -2.13. The lowest BCUT2D eigenvalue weighted by molar-refractivity contribution is 0.0844. The summed E-state index contributed by atoms with van der Waals surface area (Å²) in [5, 5.41) is 0. The Bertz CT molecular complexity index is 975. The number of nitrogens with one attached hydrogen (secondary N) is 2. The van der Waals surface area contributed by atoms with Crippen molar-refractivity contribution >= 4 is 21.8 Å². The van der Waals surface area contributed by atoms with Crippen molar-refractivity contribution < 1.29 is 27.1 Å². The zero-order valence-corrected chi connectivity index (χ0v) is 16.3. The van der Waals surface area contributed by atoms with E-state index in [2.05, 4.69) is 10.9 Å². The van der Waals surface area contributed by atoms with Gasteiger partial charge >= 0.3 is 0 Å². The first-order valence-corrected chi connectivity index (χ1v) is 9.66. The molecular weight excluding hydrogens is 389 g/mol. The van der Waals surface area contributed by atoms with Crippen molar-refractivity contribution in [3.8, 4) is 5.75 Å². The smallest absolute Gasteiger partial charge is 0.272 e. The monoisotopic (exact) mass is 409 g/mol. The van der Waals surface area contributed by atoms with E-state index >= 15 is 0 Å². The Morgan fingerprint density at radius 2 is 1.64 bits per heavy atom. The standard InChI is InChI=1S/C18H20FN3O5S/c1-4-27-13-7-5-12(6-8-13)17(23)20-21-18(24)15-11-14(9-10-16(15)19)28(25,26)22(2)3/h5-11H,4H2,1-3H3,(H,20,23)(H,21,24). The molecule has 150 valence electrons. The molecule has 0 bridgehead atoms. The molecule has 0 atom stereocenters. The number of benzene rings is 2. The molecule has 2 rings (SSSR count). The molecule has 2 aromatic carbocycles. The molecule has 0 heterocycles. The highest BCUT2D eigenvalue weighted by Gasteiger charge is 2.21. The van der Waals surface area contributed by atoms with Crippen LogP contribution in [0, 0.1) is 5.82 Å². The molecule has 0 radical (unpaired) electrons. The first-order chi connectivity index (χ1) is 13.2. The SMILES string of the molecule is CCOc1ccc(C(=O)NNC(=O)c2cc(S(=O)(=O)N(C)C)ccc2F)cc1. The van der Waals surface area contributed by atoms with Gasteiger partial charge in [0.15, 0.2) is 0 Å². The van der Waals surface area contributed by atoms with Crippen LogP contribution in [0.1, 0.15) is 27.6 Å². The molecular formula is C18H20FN3O5S. The molecule has 0 spiro atoms. The van der Waals surface area contributed by atoms with Gasteiger partial charge in [0.2, 0.25) is 10.0 Å². The van der Waals surface area contributed by atoms with E-state index in [-0.39, 0.29) is 10.5 Å². The molecule has 0 saturated heterocycles. The van der Waals surface area contributed by atoms with Gasteiger partial charge in [0.25, 0.3) is 11.8 Å². The summed E-state index contributed by atoms with van der Waals surface area (Å²) in [6, 6.07) is 9.02. The summed E-state index contributed by atoms with van der Waals surface area (Å²) in [4.78, 5) is 24.0. The highest BCUT2D eigenvalue weighted by molar-refractivity contribution is 7.89. The fourth-order valence-electron chi connectivity index (χ4n) is 2.17. The number of hydrogen-bond donors (Lipinski definition) is 2. The number of rotatable bonds is 6. The molecule has 0 saturated carbocycles. The van der Waals surface area contributed by atoms with E-state index in [4.69, 9.17) is 4.74 Å². The van der Waals surface area contributed by atoms with Crippen LogP contribution in [-0.2, 0) is 10.0 Å². The van der Waals surface area contributed by atoms with E-state index in [9.17, 15) is 22.4 Å². The van der Waals surface area contributed by atoms with Crippen LogP contribution in [0.3, 0.4) is 0 Å². The van der Waals surface area contributed by atoms with E-state index in [0.717, 1.165) is 22.5 Å². The zero-order chi connectivity index (χ0) is 20.9. The molecule has 2 amide bonds. The lowest BCUT2D eigenvalue weighted by Crippen LogP contribution is -2.42. The van der Waals surface area contributed by atoms with E-state index in [1.807, 2.05) is 6.92 Å². The van der Waals surface area contributed by atoms with Gasteiger partial charge in [0.05, 0.1) is 17.1 Å². The summed E-state index contributed by atoms with van der Waals surface area (Å²) < 4.78 is 44.5. The summed E-state index contributed by atoms with van der Waals surface area (Å²) in [6.45, 7) is 2.31. The first kappa shape index (κ1) is 21.3. The van der Waals surface area contributed by atoms with Crippen molar-refractivity contribution in [1.82, 2.24) is 15.2 Å². The van der Waals surface area contributed by atoms with E-state index in [1.54, 1.807) is 12.1 Å². The van der Waals surface area contributed by atoms with E-state index in [1.165, 1.54) is 26.2 Å². The molecule has 10 heteroatoms. The van der Waals surface area contributed by atoms with Gasteiger partial charge in [-0.25, -0.2) is 17.1 Å². The van der Waals surface area contributed by atoms with Crippen LogP contribution >= 0.6 is 0 Å². The largest absolute Gasteiger partial charge is 0.494 e. The number of carbonyl (C=O) groups excluding carboxylic acids is 2. The maximum Gasteiger partial charge on any atom is 0.272 e. The Hall–Kier alpha value is -2.98. The summed E-state index contributed by atoms with van der Waals surface area (Å²) >= 11 is 0. The second kappa shape index (κ2) is 8.81. The Balaban J connectivity index is 2.11. The normalized spacial score (nSPS) is 11.2. The van der Waals surface area contributed by atoms with Gasteiger partial charge in [-0.15, -0.1) is 0 Å². The molecule has 28 heavy (non-hydrogen) atoms. The van der Waals surface area contributed by atoms with Gasteiger partial charge in [-0.05, 0) is 49.4 Å². The predicted molar refractivity (Wildman–Crippen MR) is 99.8 cm³/mol. The quantitative estimate of drug-likeness (QED) is 0.705. The fourth-order valence-corrected chi connectivity index (χ4v) is 3.10. The van der Waals surface area contributed by atoms with Crippen LogP contribution in [0.25, 0.3) is 0 Å². The van der Waals surface area contributed by atoms with Crippen LogP contribution in [0.5, 0.6) is 5.75 Å². The number of hydrogen-bond acceptors (Lipinski definition) is 5. The fraction of sp³-hybridized carbons (Fsp3) is 0.222. The number of carbonyl (C=O) groups is 2. The number of nitrogens with zero attached hydrogens (tertiary/aromatic N) is 1. The molecule has 0 unspecified atom stereocenters. The van der Waals surface area contributed by atoms with Crippen LogP contribution in [0.4, 0.5) is 4.39 Å². The maximum absolute atomic E-state index is 14.0. The summed E-state index contributed by atoms with van der Waals surface area (Å²) in [5.41, 5.74) is 3.94. The third-order valence-corrected chi connectivity index (χ3v) is 5.49. The molecule has 2 aromatic rings. The predicted octanol–water partition coefficient (Wildman–Crippen LogP) is 1.55. The molecule has 2 N–H and O–H groups in total. The molecule has 0 aliphatic rings. The number of ether oxygens (including phenoxy) is 1. The zero-order valence-electron chi connectivity index (χ0n) is 15.5. The summed E-state index contributed by atoms with van der Waals surface area (Å²) in [5.74, 6) is -1.96. The molecule has 8 nitrogen and oxygen atoms in total. The number of amides is 2. The van der Waals surface area contributed by atoms with Crippen molar-refractivity contribution in [1.29, 1.82) is 0 Å². The number of sulfonamides is 1. The van der Waals surface area contributed by atoms with Crippen molar-refractivity contribution in [3.63, 3.8) is 0 Å². The number of halogens is 1. The maximum atomic E-state index is 14.0. The van der Waals surface area contributed by atoms with E-state index in [0.29, 0.717) is 12.4 Å². The first-order valence-electron chi connectivity index (χ1n) is 8.22. The van der Waals surface area contributed by atoms with Gasteiger partial charge < -0.3 is 4.74 Å². The summed E-state index contributed by atoms with van der Waals surface area (Å²) in [7, 11) is -1.22. The van der Waals surface area contributed by atoms with Gasteiger partial charge in [0, 0.05) is 19.7 Å². The van der Waals surface area contributed by atoms with Crippen LogP contribution < -0.4 is 15.6 Å². The van der Waals surface area contributed by atoms with Crippen LogP contribution in [0.2, 0.25) is 0 Å². The lowest BCUT2D eigenvalue weighted by atomic mass is 10.2. The van der Waals surface area contributed by atoms with Crippen molar-refractivity contribution in [2.45, 2.75) is 11.8 Å². The Labute approximate surface area is 162 Å². The van der Waals surface area contributed by atoms with Crippen molar-refractivity contribution in [3.05, 3.63) is 59.4 Å². The third kappa shape index (κ3) is 4.84. The topological polar surface area (TPSA) is 105 Å². The Morgan fingerprint density at radius 1 is 1.04 bits per heavy atom. The van der Waals surface area contributed by atoms with Crippen molar-refractivity contribution in [2.75, 3.05) is 20.7 Å². The molecule has 0 fully saturated rings. The Kier molecular flexibility index (Phi) is 6.71. The highest BCUT2D eigenvalue weighted by Crippen LogP contribution is 2.17. The van der Waals surface area contributed by atoms with Gasteiger partial charge in [-0.2, -0.15) is 0 Å². The van der Waals surface area contributed by atoms with Crippen LogP contribution in [-0.4, -0.2) is 45.2 Å². The average molecular weight is 409 g/mol. The minimum absolute atomic E-state index is 0.244. The molecule has 0 aliphatic heterocycles. The van der Waals surface area contributed by atoms with E-state index < -0.39 is 33.2 Å². The van der Waals surface area contributed by atoms with Crippen molar-refractivity contribution in [2.24, 2.45) is 0 Å². The van der Waals surface area contributed by atoms with Gasteiger partial charge in [0.1, 0.15) is 11.6 Å². The summed E-state index contributed by atoms with van der Waals surface area (Å²) in [6.07, 6.45) is 0. The van der Waals surface area contributed by atoms with Gasteiger partial charge in [-0.1, -0.05) is 0 Å². The second-order valence-corrected chi connectivity index (χ2v) is 7.95. The average Bonchev–Trinajstić information content (AvgIpc) is 2.66. The highest BCUT2D eigenvalue weighted by atomic mass is 32.2. The minimum atomic E-state index is -3.85.